The van der Waals surface area contributed by atoms with Crippen LogP contribution < -0.4 is 5.32 Å². The molecule has 30 heavy (non-hydrogen) atoms. The van der Waals surface area contributed by atoms with Crippen LogP contribution in [0.25, 0.3) is 11.0 Å². The van der Waals surface area contributed by atoms with Crippen molar-refractivity contribution in [2.24, 2.45) is 0 Å². The van der Waals surface area contributed by atoms with E-state index in [2.05, 4.69) is 17.2 Å². The van der Waals surface area contributed by atoms with E-state index in [0.29, 0.717) is 18.7 Å². The predicted molar refractivity (Wildman–Crippen MR) is 115 cm³/mol. The number of likely N-dealkylation sites (tertiary alicyclic amines) is 1. The summed E-state index contributed by atoms with van der Waals surface area (Å²) >= 11 is 0. The number of piperidine rings is 1. The second kappa shape index (κ2) is 9.07. The van der Waals surface area contributed by atoms with E-state index in [0.717, 1.165) is 36.2 Å². The van der Waals surface area contributed by atoms with Crippen LogP contribution in [-0.2, 0) is 17.8 Å². The Morgan fingerprint density at radius 1 is 1.13 bits per heavy atom. The van der Waals surface area contributed by atoms with Gasteiger partial charge in [0.05, 0.1) is 11.0 Å². The summed E-state index contributed by atoms with van der Waals surface area (Å²) in [7, 11) is 0. The van der Waals surface area contributed by atoms with E-state index < -0.39 is 0 Å². The Labute approximate surface area is 176 Å². The predicted octanol–water partition coefficient (Wildman–Crippen LogP) is 2.80. The quantitative estimate of drug-likeness (QED) is 0.684. The molecule has 1 aromatic carbocycles. The molecule has 7 heteroatoms. The average molecular weight is 406 g/mol. The third-order valence-electron chi connectivity index (χ3n) is 5.68. The van der Waals surface area contributed by atoms with E-state index in [4.69, 9.17) is 4.98 Å². The highest BCUT2D eigenvalue weighted by atomic mass is 16.2. The molecule has 1 aliphatic rings. The standard InChI is InChI=1S/C23H27N5O2/c1-17-8-5-7-15-27(17)22(29)16-28-20-11-3-2-9-18(20)26-21(28)12-14-25-23(30)19-10-4-6-13-24-19/h2-4,6,9-11,13,17H,5,7-8,12,14-16H2,1H3,(H,25,30). The summed E-state index contributed by atoms with van der Waals surface area (Å²) in [5.41, 5.74) is 2.20. The topological polar surface area (TPSA) is 80.1 Å². The zero-order valence-electron chi connectivity index (χ0n) is 17.3. The first-order valence-corrected chi connectivity index (χ1v) is 10.6. The fourth-order valence-corrected chi connectivity index (χ4v) is 4.06. The second-order valence-electron chi connectivity index (χ2n) is 7.76. The van der Waals surface area contributed by atoms with Gasteiger partial charge in [-0.25, -0.2) is 4.98 Å². The largest absolute Gasteiger partial charge is 0.350 e. The third kappa shape index (κ3) is 4.35. The van der Waals surface area contributed by atoms with Gasteiger partial charge in [0.1, 0.15) is 18.1 Å². The SMILES string of the molecule is CC1CCCCN1C(=O)Cn1c(CCNC(=O)c2ccccn2)nc2ccccc21. The van der Waals surface area contributed by atoms with E-state index in [1.165, 1.54) is 6.42 Å². The summed E-state index contributed by atoms with van der Waals surface area (Å²) in [6, 6.07) is 13.4. The molecular formula is C23H27N5O2. The Bertz CT molecular complexity index is 1030. The smallest absolute Gasteiger partial charge is 0.269 e. The Morgan fingerprint density at radius 2 is 1.97 bits per heavy atom. The highest BCUT2D eigenvalue weighted by Gasteiger charge is 2.24. The molecule has 1 N–H and O–H groups in total. The summed E-state index contributed by atoms with van der Waals surface area (Å²) < 4.78 is 1.99. The number of benzene rings is 1. The Hall–Kier alpha value is -3.22. The van der Waals surface area contributed by atoms with Gasteiger partial charge in [-0.05, 0) is 50.5 Å². The number of pyridine rings is 1. The zero-order chi connectivity index (χ0) is 20.9. The molecule has 4 rings (SSSR count). The van der Waals surface area contributed by atoms with Crippen LogP contribution in [0, 0.1) is 0 Å². The van der Waals surface area contributed by atoms with Gasteiger partial charge in [0, 0.05) is 31.7 Å². The number of para-hydroxylation sites is 2. The van der Waals surface area contributed by atoms with Crippen molar-refractivity contribution < 1.29 is 9.59 Å². The lowest BCUT2D eigenvalue weighted by Crippen LogP contribution is -2.43. The van der Waals surface area contributed by atoms with Crippen molar-refractivity contribution in [3.8, 4) is 0 Å². The molecule has 1 aliphatic heterocycles. The maximum Gasteiger partial charge on any atom is 0.269 e. The number of nitrogens with zero attached hydrogens (tertiary/aromatic N) is 4. The molecule has 0 saturated carbocycles. The molecule has 0 spiro atoms. The van der Waals surface area contributed by atoms with Crippen molar-refractivity contribution >= 4 is 22.8 Å². The molecule has 1 atom stereocenters. The summed E-state index contributed by atoms with van der Waals surface area (Å²) in [4.78, 5) is 36.1. The number of amides is 2. The number of hydrogen-bond acceptors (Lipinski definition) is 4. The molecule has 0 bridgehead atoms. The maximum atomic E-state index is 13.0. The van der Waals surface area contributed by atoms with Gasteiger partial charge in [0.25, 0.3) is 5.91 Å². The zero-order valence-corrected chi connectivity index (χ0v) is 17.3. The van der Waals surface area contributed by atoms with Gasteiger partial charge < -0.3 is 14.8 Å². The summed E-state index contributed by atoms with van der Waals surface area (Å²) in [6.45, 7) is 3.64. The van der Waals surface area contributed by atoms with Crippen molar-refractivity contribution in [2.75, 3.05) is 13.1 Å². The summed E-state index contributed by atoms with van der Waals surface area (Å²) in [6.07, 6.45) is 5.44. The Morgan fingerprint density at radius 3 is 2.77 bits per heavy atom. The first-order valence-electron chi connectivity index (χ1n) is 10.6. The van der Waals surface area contributed by atoms with Crippen LogP contribution in [0.5, 0.6) is 0 Å². The first kappa shape index (κ1) is 20.1. The third-order valence-corrected chi connectivity index (χ3v) is 5.68. The monoisotopic (exact) mass is 405 g/mol. The molecule has 1 fully saturated rings. The number of hydrogen-bond donors (Lipinski definition) is 1. The number of imidazole rings is 1. The lowest BCUT2D eigenvalue weighted by molar-refractivity contribution is -0.135. The second-order valence-corrected chi connectivity index (χ2v) is 7.76. The van der Waals surface area contributed by atoms with Gasteiger partial charge in [-0.2, -0.15) is 0 Å². The molecule has 0 radical (unpaired) electrons. The molecule has 2 aromatic heterocycles. The lowest BCUT2D eigenvalue weighted by Gasteiger charge is -2.33. The summed E-state index contributed by atoms with van der Waals surface area (Å²) in [5, 5.41) is 2.89. The number of aromatic nitrogens is 3. The van der Waals surface area contributed by atoms with Crippen LogP contribution in [0.15, 0.2) is 48.7 Å². The van der Waals surface area contributed by atoms with E-state index in [-0.39, 0.29) is 24.4 Å². The number of carbonyl (C=O) groups excluding carboxylic acids is 2. The molecule has 3 heterocycles. The molecule has 1 saturated heterocycles. The van der Waals surface area contributed by atoms with E-state index in [9.17, 15) is 9.59 Å². The highest BCUT2D eigenvalue weighted by Crippen LogP contribution is 2.20. The number of nitrogens with one attached hydrogen (secondary N) is 1. The molecule has 156 valence electrons. The Balaban J connectivity index is 1.49. The molecule has 3 aromatic rings. The number of fused-ring (bicyclic) bond motifs is 1. The van der Waals surface area contributed by atoms with Gasteiger partial charge >= 0.3 is 0 Å². The van der Waals surface area contributed by atoms with Crippen molar-refractivity contribution in [1.82, 2.24) is 24.8 Å². The van der Waals surface area contributed by atoms with E-state index >= 15 is 0 Å². The van der Waals surface area contributed by atoms with Crippen LogP contribution in [0.1, 0.15) is 42.5 Å². The minimum atomic E-state index is -0.212. The molecule has 0 aliphatic carbocycles. The van der Waals surface area contributed by atoms with Gasteiger partial charge in [-0.15, -0.1) is 0 Å². The molecule has 2 amide bonds. The van der Waals surface area contributed by atoms with Gasteiger partial charge in [-0.1, -0.05) is 18.2 Å². The van der Waals surface area contributed by atoms with Crippen LogP contribution in [0.3, 0.4) is 0 Å². The van der Waals surface area contributed by atoms with Gasteiger partial charge in [0.2, 0.25) is 5.91 Å². The van der Waals surface area contributed by atoms with Crippen LogP contribution >= 0.6 is 0 Å². The minimum absolute atomic E-state index is 0.129. The van der Waals surface area contributed by atoms with Crippen molar-refractivity contribution in [3.63, 3.8) is 0 Å². The van der Waals surface area contributed by atoms with Crippen molar-refractivity contribution in [1.29, 1.82) is 0 Å². The van der Waals surface area contributed by atoms with Crippen LogP contribution in [0.2, 0.25) is 0 Å². The van der Waals surface area contributed by atoms with Crippen molar-refractivity contribution in [2.45, 2.75) is 45.2 Å². The van der Waals surface area contributed by atoms with Crippen molar-refractivity contribution in [3.05, 3.63) is 60.2 Å². The molecule has 7 nitrogen and oxygen atoms in total. The van der Waals surface area contributed by atoms with E-state index in [1.807, 2.05) is 33.7 Å². The number of carbonyl (C=O) groups is 2. The molecule has 1 unspecified atom stereocenters. The maximum absolute atomic E-state index is 13.0. The van der Waals surface area contributed by atoms with E-state index in [1.54, 1.807) is 24.4 Å². The first-order chi connectivity index (χ1) is 14.6. The lowest BCUT2D eigenvalue weighted by atomic mass is 10.0. The van der Waals surface area contributed by atoms with Gasteiger partial charge in [0.15, 0.2) is 0 Å². The van der Waals surface area contributed by atoms with Crippen LogP contribution in [-0.4, -0.2) is 50.4 Å². The Kier molecular flexibility index (Phi) is 6.07. The molecular weight excluding hydrogens is 378 g/mol. The highest BCUT2D eigenvalue weighted by molar-refractivity contribution is 5.92. The van der Waals surface area contributed by atoms with Crippen LogP contribution in [0.4, 0.5) is 0 Å². The minimum Gasteiger partial charge on any atom is -0.350 e. The summed E-state index contributed by atoms with van der Waals surface area (Å²) in [5.74, 6) is 0.719. The fraction of sp³-hybridized carbons (Fsp3) is 0.391. The average Bonchev–Trinajstić information content (AvgIpc) is 3.12. The normalized spacial score (nSPS) is 16.6. The van der Waals surface area contributed by atoms with Gasteiger partial charge in [-0.3, -0.25) is 14.6 Å². The fourth-order valence-electron chi connectivity index (χ4n) is 4.06. The number of rotatable bonds is 6.